The topological polar surface area (TPSA) is 59.4 Å². The first-order chi connectivity index (χ1) is 9.13. The highest BCUT2D eigenvalue weighted by Crippen LogP contribution is 2.19. The third kappa shape index (κ3) is 3.96. The molecule has 0 bridgehead atoms. The number of benzene rings is 1. The molecular formula is C15H13NO3. The van der Waals surface area contributed by atoms with Crippen molar-refractivity contribution in [1.82, 2.24) is 4.98 Å². The largest absolute Gasteiger partial charge is 0.478 e. The van der Waals surface area contributed by atoms with Gasteiger partial charge in [0.25, 0.3) is 0 Å². The Morgan fingerprint density at radius 1 is 1.21 bits per heavy atom. The second-order valence-corrected chi connectivity index (χ2v) is 4.02. The van der Waals surface area contributed by atoms with E-state index in [2.05, 4.69) is 4.98 Å². The maximum Gasteiger partial charge on any atom is 0.328 e. The quantitative estimate of drug-likeness (QED) is 0.852. The lowest BCUT2D eigenvalue weighted by molar-refractivity contribution is -0.131. The summed E-state index contributed by atoms with van der Waals surface area (Å²) in [4.78, 5) is 14.5. The zero-order chi connectivity index (χ0) is 13.7. The molecular weight excluding hydrogens is 242 g/mol. The van der Waals surface area contributed by atoms with Crippen molar-refractivity contribution in [3.8, 4) is 11.6 Å². The highest BCUT2D eigenvalue weighted by Gasteiger charge is 1.98. The van der Waals surface area contributed by atoms with E-state index in [-0.39, 0.29) is 0 Å². The number of ether oxygens (including phenoxy) is 1. The molecule has 0 aliphatic heterocycles. The Morgan fingerprint density at radius 3 is 2.53 bits per heavy atom. The van der Waals surface area contributed by atoms with Crippen molar-refractivity contribution in [2.24, 2.45) is 0 Å². The third-order valence-electron chi connectivity index (χ3n) is 2.42. The average molecular weight is 255 g/mol. The van der Waals surface area contributed by atoms with Crippen LogP contribution in [0.25, 0.3) is 6.08 Å². The second-order valence-electron chi connectivity index (χ2n) is 4.02. The summed E-state index contributed by atoms with van der Waals surface area (Å²) in [5.74, 6) is 0.197. The number of aliphatic carboxylic acids is 1. The minimum Gasteiger partial charge on any atom is -0.478 e. The molecule has 0 amide bonds. The average Bonchev–Trinajstić information content (AvgIpc) is 2.40. The van der Waals surface area contributed by atoms with E-state index in [1.165, 1.54) is 6.08 Å². The van der Waals surface area contributed by atoms with Crippen LogP contribution < -0.4 is 4.74 Å². The minimum absolute atomic E-state index is 0.469. The van der Waals surface area contributed by atoms with Gasteiger partial charge in [-0.3, -0.25) is 0 Å². The van der Waals surface area contributed by atoms with Gasteiger partial charge >= 0.3 is 5.97 Å². The molecule has 4 heteroatoms. The molecule has 0 aliphatic carbocycles. The summed E-state index contributed by atoms with van der Waals surface area (Å²) in [5, 5.41) is 8.51. The van der Waals surface area contributed by atoms with Gasteiger partial charge in [0.05, 0.1) is 0 Å². The molecule has 0 spiro atoms. The van der Waals surface area contributed by atoms with Gasteiger partial charge in [-0.1, -0.05) is 17.7 Å². The molecule has 0 radical (unpaired) electrons. The van der Waals surface area contributed by atoms with Crippen molar-refractivity contribution < 1.29 is 14.6 Å². The molecule has 19 heavy (non-hydrogen) atoms. The van der Waals surface area contributed by atoms with Crippen LogP contribution in [0.4, 0.5) is 0 Å². The molecule has 1 heterocycles. The maximum atomic E-state index is 10.4. The molecule has 0 aliphatic rings. The Hall–Kier alpha value is -2.62. The number of carboxylic acid groups (broad SMARTS) is 1. The SMILES string of the molecule is Cc1ccc(Oc2ccc(/C=C/C(=O)O)cn2)cc1. The normalized spacial score (nSPS) is 10.6. The van der Waals surface area contributed by atoms with Gasteiger partial charge in [-0.25, -0.2) is 9.78 Å². The lowest BCUT2D eigenvalue weighted by atomic mass is 10.2. The van der Waals surface area contributed by atoms with Crippen molar-refractivity contribution in [3.05, 3.63) is 59.8 Å². The predicted molar refractivity (Wildman–Crippen MR) is 72.2 cm³/mol. The van der Waals surface area contributed by atoms with Gasteiger partial charge in [0.2, 0.25) is 5.88 Å². The number of carbonyl (C=O) groups is 1. The molecule has 0 saturated carbocycles. The zero-order valence-electron chi connectivity index (χ0n) is 10.4. The van der Waals surface area contributed by atoms with Crippen molar-refractivity contribution in [1.29, 1.82) is 0 Å². The summed E-state index contributed by atoms with van der Waals surface area (Å²) < 4.78 is 5.56. The smallest absolute Gasteiger partial charge is 0.328 e. The number of pyridine rings is 1. The molecule has 2 aromatic rings. The van der Waals surface area contributed by atoms with E-state index >= 15 is 0 Å². The maximum absolute atomic E-state index is 10.4. The molecule has 2 rings (SSSR count). The lowest BCUT2D eigenvalue weighted by Gasteiger charge is -2.04. The number of hydrogen-bond acceptors (Lipinski definition) is 3. The van der Waals surface area contributed by atoms with Crippen LogP contribution in [0.2, 0.25) is 0 Å². The Balaban J connectivity index is 2.06. The first-order valence-electron chi connectivity index (χ1n) is 5.75. The number of aryl methyl sites for hydroxylation is 1. The number of aromatic nitrogens is 1. The Bertz CT molecular complexity index is 586. The Morgan fingerprint density at radius 2 is 1.95 bits per heavy atom. The Kier molecular flexibility index (Phi) is 3.93. The summed E-state index contributed by atoms with van der Waals surface area (Å²) in [7, 11) is 0. The Labute approximate surface area is 111 Å². The van der Waals surface area contributed by atoms with Crippen molar-refractivity contribution in [3.63, 3.8) is 0 Å². The van der Waals surface area contributed by atoms with E-state index in [1.807, 2.05) is 31.2 Å². The van der Waals surface area contributed by atoms with Crippen LogP contribution in [0.3, 0.4) is 0 Å². The standard InChI is InChI=1S/C15H13NO3/c1-11-2-6-13(7-3-11)19-14-8-4-12(10-16-14)5-9-15(17)18/h2-10H,1H3,(H,17,18)/b9-5+. The van der Waals surface area contributed by atoms with Gasteiger partial charge in [0.1, 0.15) is 5.75 Å². The van der Waals surface area contributed by atoms with E-state index in [9.17, 15) is 4.79 Å². The highest BCUT2D eigenvalue weighted by atomic mass is 16.5. The molecule has 0 atom stereocenters. The molecule has 96 valence electrons. The second kappa shape index (κ2) is 5.82. The van der Waals surface area contributed by atoms with Crippen LogP contribution in [0, 0.1) is 6.92 Å². The van der Waals surface area contributed by atoms with E-state index in [4.69, 9.17) is 9.84 Å². The van der Waals surface area contributed by atoms with Crippen molar-refractivity contribution >= 4 is 12.0 Å². The van der Waals surface area contributed by atoms with Crippen LogP contribution in [0.15, 0.2) is 48.7 Å². The summed E-state index contributed by atoms with van der Waals surface area (Å²) in [6.45, 7) is 2.01. The fraction of sp³-hybridized carbons (Fsp3) is 0.0667. The van der Waals surface area contributed by atoms with Crippen LogP contribution in [-0.4, -0.2) is 16.1 Å². The van der Waals surface area contributed by atoms with E-state index < -0.39 is 5.97 Å². The fourth-order valence-electron chi connectivity index (χ4n) is 1.45. The summed E-state index contributed by atoms with van der Waals surface area (Å²) in [6.07, 6.45) is 4.10. The van der Waals surface area contributed by atoms with E-state index in [1.54, 1.807) is 18.3 Å². The zero-order valence-corrected chi connectivity index (χ0v) is 10.4. The summed E-state index contributed by atoms with van der Waals surface area (Å²) in [5.41, 5.74) is 1.87. The van der Waals surface area contributed by atoms with E-state index in [0.717, 1.165) is 11.6 Å². The minimum atomic E-state index is -0.986. The summed E-state index contributed by atoms with van der Waals surface area (Å²) in [6, 6.07) is 11.1. The number of nitrogens with zero attached hydrogens (tertiary/aromatic N) is 1. The van der Waals surface area contributed by atoms with Crippen LogP contribution in [0.1, 0.15) is 11.1 Å². The molecule has 0 fully saturated rings. The van der Waals surface area contributed by atoms with Gasteiger partial charge < -0.3 is 9.84 Å². The van der Waals surface area contributed by atoms with Crippen molar-refractivity contribution in [2.75, 3.05) is 0 Å². The van der Waals surface area contributed by atoms with Crippen LogP contribution >= 0.6 is 0 Å². The molecule has 4 nitrogen and oxygen atoms in total. The predicted octanol–water partition coefficient (Wildman–Crippen LogP) is 3.28. The third-order valence-corrected chi connectivity index (χ3v) is 2.42. The van der Waals surface area contributed by atoms with Gasteiger partial charge in [-0.2, -0.15) is 0 Å². The molecule has 0 saturated heterocycles. The number of rotatable bonds is 4. The van der Waals surface area contributed by atoms with Gasteiger partial charge in [0, 0.05) is 18.3 Å². The van der Waals surface area contributed by atoms with E-state index in [0.29, 0.717) is 17.2 Å². The van der Waals surface area contributed by atoms with Crippen molar-refractivity contribution in [2.45, 2.75) is 6.92 Å². The highest BCUT2D eigenvalue weighted by molar-refractivity contribution is 5.85. The fourth-order valence-corrected chi connectivity index (χ4v) is 1.45. The molecule has 1 N–H and O–H groups in total. The number of carboxylic acids is 1. The summed E-state index contributed by atoms with van der Waals surface area (Å²) >= 11 is 0. The molecule has 0 unspecified atom stereocenters. The molecule has 1 aromatic heterocycles. The first-order valence-corrected chi connectivity index (χ1v) is 5.75. The first kappa shape index (κ1) is 12.8. The molecule has 1 aromatic carbocycles. The van der Waals surface area contributed by atoms with Crippen LogP contribution in [-0.2, 0) is 4.79 Å². The van der Waals surface area contributed by atoms with Crippen LogP contribution in [0.5, 0.6) is 11.6 Å². The lowest BCUT2D eigenvalue weighted by Crippen LogP contribution is -1.89. The van der Waals surface area contributed by atoms with Gasteiger partial charge in [0.15, 0.2) is 0 Å². The number of hydrogen-bond donors (Lipinski definition) is 1. The monoisotopic (exact) mass is 255 g/mol. The van der Waals surface area contributed by atoms with Gasteiger partial charge in [-0.05, 0) is 36.8 Å². The van der Waals surface area contributed by atoms with Gasteiger partial charge in [-0.15, -0.1) is 0 Å².